The first-order valence-corrected chi connectivity index (χ1v) is 10.1. The van der Waals surface area contributed by atoms with Gasteiger partial charge in [-0.3, -0.25) is 14.2 Å². The van der Waals surface area contributed by atoms with Crippen LogP contribution in [0.1, 0.15) is 49.9 Å². The van der Waals surface area contributed by atoms with E-state index in [1.807, 2.05) is 0 Å². The molecule has 1 aromatic carbocycles. The molecule has 0 bridgehead atoms. The zero-order valence-electron chi connectivity index (χ0n) is 14.5. The van der Waals surface area contributed by atoms with Gasteiger partial charge in [-0.05, 0) is 31.9 Å². The molecule has 1 aromatic rings. The average molecular weight is 355 g/mol. The van der Waals surface area contributed by atoms with Crippen LogP contribution < -0.4 is 5.32 Å². The summed E-state index contributed by atoms with van der Waals surface area (Å²) in [5.74, 6) is -0.207. The first kappa shape index (κ1) is 20.6. The van der Waals surface area contributed by atoms with E-state index < -0.39 is 7.60 Å². The molecule has 24 heavy (non-hydrogen) atoms. The highest BCUT2D eigenvalue weighted by Gasteiger charge is 2.15. The summed E-state index contributed by atoms with van der Waals surface area (Å²) >= 11 is 0. The van der Waals surface area contributed by atoms with Gasteiger partial charge in [-0.25, -0.2) is 0 Å². The first-order valence-electron chi connectivity index (χ1n) is 8.12. The van der Waals surface area contributed by atoms with E-state index in [2.05, 4.69) is 5.32 Å². The molecule has 6 nitrogen and oxygen atoms in total. The summed E-state index contributed by atoms with van der Waals surface area (Å²) in [4.78, 5) is 23.5. The van der Waals surface area contributed by atoms with Gasteiger partial charge in [-0.15, -0.1) is 0 Å². The predicted molar refractivity (Wildman–Crippen MR) is 94.7 cm³/mol. The Morgan fingerprint density at radius 3 is 2.50 bits per heavy atom. The lowest BCUT2D eigenvalue weighted by Crippen LogP contribution is -2.11. The van der Waals surface area contributed by atoms with Crippen LogP contribution in [0.2, 0.25) is 0 Å². The van der Waals surface area contributed by atoms with Gasteiger partial charge >= 0.3 is 7.60 Å². The zero-order chi connectivity index (χ0) is 18.0. The number of unbranched alkanes of at least 4 members (excludes halogenated alkanes) is 2. The summed E-state index contributed by atoms with van der Waals surface area (Å²) in [6, 6.07) is 6.99. The normalized spacial score (nSPS) is 13.3. The highest BCUT2D eigenvalue weighted by Crippen LogP contribution is 2.43. The number of para-hydroxylation sites is 1. The summed E-state index contributed by atoms with van der Waals surface area (Å²) in [5.41, 5.74) is 1.07. The van der Waals surface area contributed by atoms with Crippen molar-refractivity contribution in [3.63, 3.8) is 0 Å². The minimum Gasteiger partial charge on any atom is -0.326 e. The van der Waals surface area contributed by atoms with Gasteiger partial charge in [-0.2, -0.15) is 0 Å². The van der Waals surface area contributed by atoms with E-state index in [9.17, 15) is 14.2 Å². The number of carbonyl (C=O) groups excluding carboxylic acids is 2. The Morgan fingerprint density at radius 2 is 1.83 bits per heavy atom. The summed E-state index contributed by atoms with van der Waals surface area (Å²) in [6.07, 6.45) is 2.61. The van der Waals surface area contributed by atoms with Crippen molar-refractivity contribution in [1.29, 1.82) is 0 Å². The maximum Gasteiger partial charge on any atom is 0.327 e. The highest BCUT2D eigenvalue weighted by atomic mass is 31.2. The molecule has 1 rings (SSSR count). The van der Waals surface area contributed by atoms with Crippen LogP contribution in [0.3, 0.4) is 0 Å². The summed E-state index contributed by atoms with van der Waals surface area (Å²) in [7, 11) is -2.94. The highest BCUT2D eigenvalue weighted by molar-refractivity contribution is 7.52. The lowest BCUT2D eigenvalue weighted by molar-refractivity contribution is -0.114. The molecule has 0 heterocycles. The fourth-order valence-electron chi connectivity index (χ4n) is 2.23. The van der Waals surface area contributed by atoms with Crippen LogP contribution in [0, 0.1) is 0 Å². The third-order valence-electron chi connectivity index (χ3n) is 3.28. The number of hydrogen-bond donors (Lipinski definition) is 1. The Morgan fingerprint density at radius 1 is 1.12 bits per heavy atom. The van der Waals surface area contributed by atoms with E-state index in [4.69, 9.17) is 9.05 Å². The monoisotopic (exact) mass is 355 g/mol. The van der Waals surface area contributed by atoms with Gasteiger partial charge in [0, 0.05) is 25.6 Å². The molecule has 134 valence electrons. The van der Waals surface area contributed by atoms with E-state index >= 15 is 0 Å². The van der Waals surface area contributed by atoms with Crippen LogP contribution in [0.4, 0.5) is 5.69 Å². The summed E-state index contributed by atoms with van der Waals surface area (Å²) in [5, 5.41) is 2.67. The van der Waals surface area contributed by atoms with Gasteiger partial charge in [0.2, 0.25) is 5.91 Å². The van der Waals surface area contributed by atoms with Crippen LogP contribution in [-0.4, -0.2) is 31.6 Å². The molecule has 0 aliphatic carbocycles. The molecular formula is C17H26NO5P. The van der Waals surface area contributed by atoms with Crippen molar-refractivity contribution in [2.24, 2.45) is 0 Å². The van der Waals surface area contributed by atoms with E-state index in [0.29, 0.717) is 43.7 Å². The van der Waals surface area contributed by atoms with Gasteiger partial charge in [-0.1, -0.05) is 18.6 Å². The lowest BCUT2D eigenvalue weighted by atomic mass is 10.0. The molecule has 0 aliphatic rings. The van der Waals surface area contributed by atoms with Crippen LogP contribution in [0.5, 0.6) is 0 Å². The second-order valence-electron chi connectivity index (χ2n) is 5.48. The molecule has 0 radical (unpaired) electrons. The molecule has 1 atom stereocenters. The van der Waals surface area contributed by atoms with E-state index in [1.54, 1.807) is 31.2 Å². The number of Topliss-reactive ketones (excluding diaryl/α,β-unsaturated/α-hetero) is 1. The van der Waals surface area contributed by atoms with Crippen molar-refractivity contribution >= 4 is 25.0 Å². The largest absolute Gasteiger partial charge is 0.327 e. The van der Waals surface area contributed by atoms with Crippen LogP contribution >= 0.6 is 7.60 Å². The number of rotatable bonds is 11. The minimum atomic E-state index is -2.94. The van der Waals surface area contributed by atoms with Crippen molar-refractivity contribution in [1.82, 2.24) is 0 Å². The van der Waals surface area contributed by atoms with Crippen LogP contribution in [0.15, 0.2) is 24.3 Å². The smallest absolute Gasteiger partial charge is 0.326 e. The number of amides is 1. The Hall–Kier alpha value is -1.49. The van der Waals surface area contributed by atoms with Crippen molar-refractivity contribution in [2.45, 2.75) is 39.5 Å². The van der Waals surface area contributed by atoms with Crippen LogP contribution in [-0.2, 0) is 18.4 Å². The van der Waals surface area contributed by atoms with Gasteiger partial charge < -0.3 is 14.4 Å². The topological polar surface area (TPSA) is 81.7 Å². The van der Waals surface area contributed by atoms with Gasteiger partial charge in [0.05, 0.1) is 18.9 Å². The third kappa shape index (κ3) is 7.86. The lowest BCUT2D eigenvalue weighted by Gasteiger charge is -2.12. The van der Waals surface area contributed by atoms with Gasteiger partial charge in [0.25, 0.3) is 0 Å². The zero-order valence-corrected chi connectivity index (χ0v) is 15.4. The minimum absolute atomic E-state index is 0.00394. The van der Waals surface area contributed by atoms with Crippen molar-refractivity contribution in [3.8, 4) is 0 Å². The van der Waals surface area contributed by atoms with Crippen molar-refractivity contribution in [3.05, 3.63) is 29.8 Å². The molecule has 0 aliphatic heterocycles. The Labute approximate surface area is 143 Å². The quantitative estimate of drug-likeness (QED) is 0.364. The maximum absolute atomic E-state index is 12.3. The standard InChI is InChI=1S/C17H26NO5P/c1-4-22-24(3,21)23-13-9-5-6-12-17(20)15-10-7-8-11-16(15)18-14(2)19/h7-8,10-11H,4-6,9,12-13H2,1-3H3,(H,18,19). The molecule has 0 aromatic heterocycles. The van der Waals surface area contributed by atoms with E-state index in [1.165, 1.54) is 13.6 Å². The number of ketones is 1. The molecule has 7 heteroatoms. The number of hydrogen-bond acceptors (Lipinski definition) is 5. The molecule has 1 unspecified atom stereocenters. The fraction of sp³-hybridized carbons (Fsp3) is 0.529. The third-order valence-corrected chi connectivity index (χ3v) is 4.65. The van der Waals surface area contributed by atoms with E-state index in [0.717, 1.165) is 6.42 Å². The van der Waals surface area contributed by atoms with Crippen LogP contribution in [0.25, 0.3) is 0 Å². The predicted octanol–water partition coefficient (Wildman–Crippen LogP) is 4.26. The molecule has 0 saturated carbocycles. The second-order valence-corrected chi connectivity index (χ2v) is 7.54. The molecule has 1 N–H and O–H groups in total. The SMILES string of the molecule is CCOP(C)(=O)OCCCCCC(=O)c1ccccc1NC(C)=O. The Balaban J connectivity index is 2.35. The van der Waals surface area contributed by atoms with Crippen molar-refractivity contribution in [2.75, 3.05) is 25.2 Å². The van der Waals surface area contributed by atoms with Gasteiger partial charge in [0.1, 0.15) is 0 Å². The number of nitrogens with one attached hydrogen (secondary N) is 1. The molecule has 0 spiro atoms. The number of anilines is 1. The maximum atomic E-state index is 12.3. The first-order chi connectivity index (χ1) is 11.4. The van der Waals surface area contributed by atoms with Gasteiger partial charge in [0.15, 0.2) is 5.78 Å². The number of benzene rings is 1. The molecule has 0 fully saturated rings. The Kier molecular flexibility index (Phi) is 8.90. The molecule has 1 amide bonds. The molecular weight excluding hydrogens is 329 g/mol. The van der Waals surface area contributed by atoms with Crippen molar-refractivity contribution < 1.29 is 23.2 Å². The Bertz CT molecular complexity index is 602. The van der Waals surface area contributed by atoms with E-state index in [-0.39, 0.29) is 11.7 Å². The summed E-state index contributed by atoms with van der Waals surface area (Å²) < 4.78 is 22.0. The fourth-order valence-corrected chi connectivity index (χ4v) is 3.23. The average Bonchev–Trinajstić information content (AvgIpc) is 2.50. The molecule has 0 saturated heterocycles. The number of carbonyl (C=O) groups is 2. The second kappa shape index (κ2) is 10.4. The summed E-state index contributed by atoms with van der Waals surface area (Å²) in [6.45, 7) is 5.35.